The lowest BCUT2D eigenvalue weighted by Crippen LogP contribution is -1.73. The summed E-state index contributed by atoms with van der Waals surface area (Å²) in [6.45, 7) is 6.56. The average molecular weight is 207 g/mol. The van der Waals surface area contributed by atoms with Crippen molar-refractivity contribution >= 4 is 0 Å². The summed E-state index contributed by atoms with van der Waals surface area (Å²) in [5.41, 5.74) is 1.26. The van der Waals surface area contributed by atoms with Crippen LogP contribution in [0.4, 0.5) is 0 Å². The summed E-state index contributed by atoms with van der Waals surface area (Å²) < 4.78 is 0. The van der Waals surface area contributed by atoms with E-state index in [4.69, 9.17) is 0 Å². The molecule has 0 aromatic carbocycles. The van der Waals surface area contributed by atoms with Gasteiger partial charge in [-0.05, 0) is 24.6 Å². The second-order valence-corrected chi connectivity index (χ2v) is 3.94. The number of aromatic nitrogens is 1. The quantitative estimate of drug-likeness (QED) is 0.634. The molecule has 0 saturated carbocycles. The van der Waals surface area contributed by atoms with E-state index in [1.165, 1.54) is 44.1 Å². The van der Waals surface area contributed by atoms with Crippen molar-refractivity contribution in [1.82, 2.24) is 4.98 Å². The van der Waals surface area contributed by atoms with E-state index in [-0.39, 0.29) is 0 Å². The fourth-order valence-corrected chi connectivity index (χ4v) is 1.28. The molecule has 1 rings (SSSR count). The van der Waals surface area contributed by atoms with Crippen LogP contribution in [0.15, 0.2) is 24.5 Å². The molecular formula is C14H25N. The Balaban J connectivity index is 0.000000262. The van der Waals surface area contributed by atoms with E-state index in [1.54, 1.807) is 12.4 Å². The molecule has 0 unspecified atom stereocenters. The van der Waals surface area contributed by atoms with Gasteiger partial charge in [-0.25, -0.2) is 0 Å². The van der Waals surface area contributed by atoms with Gasteiger partial charge in [0.15, 0.2) is 0 Å². The summed E-state index contributed by atoms with van der Waals surface area (Å²) in [7, 11) is 0. The molecule has 0 spiro atoms. The van der Waals surface area contributed by atoms with E-state index in [9.17, 15) is 0 Å². The standard InChI is InChI=1S/C8H18.C6H7N/c1-3-5-7-8-6-4-2;1-6-2-4-7-5-3-6/h3-8H2,1-2H3;2-5H,1H3. The first-order chi connectivity index (χ1) is 7.31. The van der Waals surface area contributed by atoms with Gasteiger partial charge in [-0.15, -0.1) is 0 Å². The lowest BCUT2D eigenvalue weighted by atomic mass is 10.1. The van der Waals surface area contributed by atoms with Crippen molar-refractivity contribution in [1.29, 1.82) is 0 Å². The fraction of sp³-hybridized carbons (Fsp3) is 0.643. The Bertz CT molecular complexity index is 200. The molecule has 1 heteroatoms. The second-order valence-electron chi connectivity index (χ2n) is 3.94. The van der Waals surface area contributed by atoms with Crippen LogP contribution in [0.3, 0.4) is 0 Å². The molecule has 0 aliphatic heterocycles. The van der Waals surface area contributed by atoms with Gasteiger partial charge in [0.05, 0.1) is 0 Å². The molecule has 86 valence electrons. The highest BCUT2D eigenvalue weighted by molar-refractivity contribution is 5.05. The number of nitrogens with zero attached hydrogens (tertiary/aromatic N) is 1. The van der Waals surface area contributed by atoms with Crippen LogP contribution in [0.25, 0.3) is 0 Å². The smallest absolute Gasteiger partial charge is 0.0270 e. The lowest BCUT2D eigenvalue weighted by Gasteiger charge is -1.93. The van der Waals surface area contributed by atoms with Gasteiger partial charge in [-0.2, -0.15) is 0 Å². The summed E-state index contributed by atoms with van der Waals surface area (Å²) >= 11 is 0. The van der Waals surface area contributed by atoms with Gasteiger partial charge in [0, 0.05) is 12.4 Å². The predicted molar refractivity (Wildman–Crippen MR) is 68.0 cm³/mol. The molecule has 0 radical (unpaired) electrons. The van der Waals surface area contributed by atoms with Crippen LogP contribution in [0.1, 0.15) is 57.9 Å². The number of hydrogen-bond acceptors (Lipinski definition) is 1. The van der Waals surface area contributed by atoms with Crippen molar-refractivity contribution in [3.05, 3.63) is 30.1 Å². The monoisotopic (exact) mass is 207 g/mol. The number of pyridine rings is 1. The molecule has 0 atom stereocenters. The number of hydrogen-bond donors (Lipinski definition) is 0. The molecule has 0 aliphatic rings. The summed E-state index contributed by atoms with van der Waals surface area (Å²) in [5.74, 6) is 0. The first-order valence-electron chi connectivity index (χ1n) is 6.17. The largest absolute Gasteiger partial charge is 0.265 e. The van der Waals surface area contributed by atoms with Crippen LogP contribution in [-0.4, -0.2) is 4.98 Å². The normalized spacial score (nSPS) is 9.27. The highest BCUT2D eigenvalue weighted by Crippen LogP contribution is 2.03. The highest BCUT2D eigenvalue weighted by Gasteiger charge is 1.83. The van der Waals surface area contributed by atoms with Crippen molar-refractivity contribution in [3.63, 3.8) is 0 Å². The van der Waals surface area contributed by atoms with E-state index in [0.717, 1.165) is 0 Å². The third kappa shape index (κ3) is 11.1. The molecule has 0 fully saturated rings. The first-order valence-corrected chi connectivity index (χ1v) is 6.17. The number of unbranched alkanes of at least 4 members (excludes halogenated alkanes) is 5. The van der Waals surface area contributed by atoms with Gasteiger partial charge < -0.3 is 0 Å². The molecule has 0 aliphatic carbocycles. The van der Waals surface area contributed by atoms with Gasteiger partial charge in [-0.1, -0.05) is 52.4 Å². The fourth-order valence-electron chi connectivity index (χ4n) is 1.28. The van der Waals surface area contributed by atoms with Crippen molar-refractivity contribution in [3.8, 4) is 0 Å². The van der Waals surface area contributed by atoms with E-state index >= 15 is 0 Å². The summed E-state index contributed by atoms with van der Waals surface area (Å²) in [6.07, 6.45) is 12.1. The van der Waals surface area contributed by atoms with Crippen LogP contribution < -0.4 is 0 Å². The average Bonchev–Trinajstić information content (AvgIpc) is 2.27. The Hall–Kier alpha value is -0.850. The Morgan fingerprint density at radius 3 is 1.60 bits per heavy atom. The van der Waals surface area contributed by atoms with Gasteiger partial charge in [0.25, 0.3) is 0 Å². The Morgan fingerprint density at radius 1 is 0.867 bits per heavy atom. The van der Waals surface area contributed by atoms with Crippen LogP contribution >= 0.6 is 0 Å². The Labute approximate surface area is 94.9 Å². The summed E-state index contributed by atoms with van der Waals surface area (Å²) in [6, 6.07) is 3.94. The maximum absolute atomic E-state index is 3.85. The molecule has 1 aromatic heterocycles. The van der Waals surface area contributed by atoms with E-state index in [0.29, 0.717) is 0 Å². The second kappa shape index (κ2) is 11.2. The van der Waals surface area contributed by atoms with E-state index in [2.05, 4.69) is 18.8 Å². The van der Waals surface area contributed by atoms with Crippen molar-refractivity contribution in [2.24, 2.45) is 0 Å². The summed E-state index contributed by atoms with van der Waals surface area (Å²) in [5, 5.41) is 0. The zero-order chi connectivity index (χ0) is 11.4. The minimum absolute atomic E-state index is 1.26. The molecule has 0 saturated heterocycles. The molecule has 0 N–H and O–H groups in total. The predicted octanol–water partition coefficient (Wildman–Crippen LogP) is 4.76. The minimum Gasteiger partial charge on any atom is -0.265 e. The topological polar surface area (TPSA) is 12.9 Å². The maximum Gasteiger partial charge on any atom is 0.0270 e. The van der Waals surface area contributed by atoms with Crippen molar-refractivity contribution < 1.29 is 0 Å². The van der Waals surface area contributed by atoms with Crippen LogP contribution in [-0.2, 0) is 0 Å². The third-order valence-corrected chi connectivity index (χ3v) is 2.30. The molecule has 0 amide bonds. The van der Waals surface area contributed by atoms with Crippen LogP contribution in [0, 0.1) is 6.92 Å². The minimum atomic E-state index is 1.26. The Kier molecular flexibility index (Phi) is 10.6. The van der Waals surface area contributed by atoms with Crippen molar-refractivity contribution in [2.75, 3.05) is 0 Å². The zero-order valence-corrected chi connectivity index (χ0v) is 10.5. The highest BCUT2D eigenvalue weighted by atomic mass is 14.6. The van der Waals surface area contributed by atoms with E-state index < -0.39 is 0 Å². The third-order valence-electron chi connectivity index (χ3n) is 2.30. The van der Waals surface area contributed by atoms with E-state index in [1.807, 2.05) is 19.1 Å². The van der Waals surface area contributed by atoms with Crippen molar-refractivity contribution in [2.45, 2.75) is 59.3 Å². The molecule has 1 aromatic rings. The number of rotatable bonds is 5. The lowest BCUT2D eigenvalue weighted by molar-refractivity contribution is 0.624. The van der Waals surface area contributed by atoms with Crippen LogP contribution in [0.5, 0.6) is 0 Å². The first kappa shape index (κ1) is 14.2. The van der Waals surface area contributed by atoms with Gasteiger partial charge in [0.1, 0.15) is 0 Å². The molecule has 0 bridgehead atoms. The SMILES string of the molecule is CCCCCCCC.Cc1ccncc1. The molecule has 1 heterocycles. The molecule has 1 nitrogen and oxygen atoms in total. The van der Waals surface area contributed by atoms with Gasteiger partial charge in [0.2, 0.25) is 0 Å². The van der Waals surface area contributed by atoms with Crippen LogP contribution in [0.2, 0.25) is 0 Å². The summed E-state index contributed by atoms with van der Waals surface area (Å²) in [4.78, 5) is 3.85. The number of aryl methyl sites for hydroxylation is 1. The zero-order valence-electron chi connectivity index (χ0n) is 10.5. The molecule has 15 heavy (non-hydrogen) atoms. The molecular weight excluding hydrogens is 182 g/mol. The van der Waals surface area contributed by atoms with Gasteiger partial charge >= 0.3 is 0 Å². The van der Waals surface area contributed by atoms with Gasteiger partial charge in [-0.3, -0.25) is 4.98 Å². The maximum atomic E-state index is 3.85. The Morgan fingerprint density at radius 2 is 1.33 bits per heavy atom.